The van der Waals surface area contributed by atoms with Crippen LogP contribution in [-0.2, 0) is 10.2 Å². The van der Waals surface area contributed by atoms with Gasteiger partial charge in [0.25, 0.3) is 10.2 Å². The van der Waals surface area contributed by atoms with Crippen molar-refractivity contribution in [3.63, 3.8) is 0 Å². The van der Waals surface area contributed by atoms with E-state index in [1.165, 1.54) is 6.20 Å². The summed E-state index contributed by atoms with van der Waals surface area (Å²) < 4.78 is 28.8. The Morgan fingerprint density at radius 1 is 1.31 bits per heavy atom. The van der Waals surface area contributed by atoms with E-state index in [9.17, 15) is 8.42 Å². The first-order chi connectivity index (χ1) is 7.18. The fourth-order valence-electron chi connectivity index (χ4n) is 1.02. The number of hydrogen-bond donors (Lipinski definition) is 2. The molecule has 0 aromatic carbocycles. The van der Waals surface area contributed by atoms with Crippen molar-refractivity contribution >= 4 is 31.8 Å². The summed E-state index contributed by atoms with van der Waals surface area (Å²) in [7, 11) is -3.56. The molecule has 0 atom stereocenters. The molecular formula is C9H14BrN3O2S. The van der Waals surface area contributed by atoms with Gasteiger partial charge < -0.3 is 0 Å². The van der Waals surface area contributed by atoms with Crippen LogP contribution in [0.15, 0.2) is 22.9 Å². The highest BCUT2D eigenvalue weighted by Crippen LogP contribution is 2.12. The molecule has 1 heterocycles. The van der Waals surface area contributed by atoms with Gasteiger partial charge >= 0.3 is 0 Å². The third-order valence-electron chi connectivity index (χ3n) is 1.42. The van der Waals surface area contributed by atoms with E-state index in [2.05, 4.69) is 30.4 Å². The number of aromatic nitrogens is 1. The second-order valence-corrected chi connectivity index (χ2v) is 6.55. The number of halogens is 1. The monoisotopic (exact) mass is 307 g/mol. The summed E-state index contributed by atoms with van der Waals surface area (Å²) in [6, 6.07) is 3.29. The number of anilines is 1. The van der Waals surface area contributed by atoms with Crippen molar-refractivity contribution in [1.29, 1.82) is 0 Å². The highest BCUT2D eigenvalue weighted by atomic mass is 79.9. The van der Waals surface area contributed by atoms with Crippen molar-refractivity contribution in [3.8, 4) is 0 Å². The van der Waals surface area contributed by atoms with Gasteiger partial charge in [-0.25, -0.2) is 4.98 Å². The van der Waals surface area contributed by atoms with Crippen LogP contribution in [0.2, 0.25) is 0 Å². The van der Waals surface area contributed by atoms with E-state index in [1.54, 1.807) is 32.9 Å². The molecule has 0 amide bonds. The van der Waals surface area contributed by atoms with Gasteiger partial charge in [0.2, 0.25) is 0 Å². The smallest absolute Gasteiger partial charge is 0.270 e. The highest BCUT2D eigenvalue weighted by Gasteiger charge is 2.19. The van der Waals surface area contributed by atoms with E-state index in [4.69, 9.17) is 0 Å². The van der Waals surface area contributed by atoms with Crippen LogP contribution in [-0.4, -0.2) is 18.9 Å². The first kappa shape index (κ1) is 13.4. The Balaban J connectivity index is 2.77. The van der Waals surface area contributed by atoms with Crippen LogP contribution in [0.3, 0.4) is 0 Å². The minimum Gasteiger partial charge on any atom is -0.270 e. The Bertz CT molecular complexity index is 451. The summed E-state index contributed by atoms with van der Waals surface area (Å²) in [4.78, 5) is 3.92. The zero-order valence-electron chi connectivity index (χ0n) is 9.28. The first-order valence-electron chi connectivity index (χ1n) is 4.61. The fraction of sp³-hybridized carbons (Fsp3) is 0.444. The van der Waals surface area contributed by atoms with Gasteiger partial charge in [-0.1, -0.05) is 0 Å². The number of rotatable bonds is 3. The van der Waals surface area contributed by atoms with Gasteiger partial charge in [-0.2, -0.15) is 13.1 Å². The van der Waals surface area contributed by atoms with Crippen LogP contribution in [0.4, 0.5) is 5.69 Å². The van der Waals surface area contributed by atoms with E-state index in [-0.39, 0.29) is 0 Å². The third kappa shape index (κ3) is 4.91. The molecule has 0 bridgehead atoms. The molecule has 90 valence electrons. The lowest BCUT2D eigenvalue weighted by Gasteiger charge is -2.20. The minimum atomic E-state index is -3.56. The predicted octanol–water partition coefficient (Wildman–Crippen LogP) is 1.89. The molecule has 0 aliphatic carbocycles. The summed E-state index contributed by atoms with van der Waals surface area (Å²) >= 11 is 3.17. The molecule has 0 spiro atoms. The largest absolute Gasteiger partial charge is 0.299 e. The summed E-state index contributed by atoms with van der Waals surface area (Å²) in [5, 5.41) is 0. The lowest BCUT2D eigenvalue weighted by Crippen LogP contribution is -2.43. The van der Waals surface area contributed by atoms with Crippen LogP contribution < -0.4 is 9.44 Å². The highest BCUT2D eigenvalue weighted by molar-refractivity contribution is 9.10. The van der Waals surface area contributed by atoms with Crippen molar-refractivity contribution in [1.82, 2.24) is 9.71 Å². The Labute approximate surface area is 104 Å². The Hall–Kier alpha value is -0.660. The molecule has 0 aliphatic heterocycles. The van der Waals surface area contributed by atoms with Gasteiger partial charge in [0.15, 0.2) is 0 Å². The number of pyridine rings is 1. The molecule has 1 rings (SSSR count). The molecule has 7 heteroatoms. The van der Waals surface area contributed by atoms with Gasteiger partial charge in [0.1, 0.15) is 4.60 Å². The lowest BCUT2D eigenvalue weighted by atomic mass is 10.1. The van der Waals surface area contributed by atoms with Gasteiger partial charge in [-0.3, -0.25) is 4.72 Å². The third-order valence-corrected chi connectivity index (χ3v) is 3.27. The molecule has 0 saturated carbocycles. The van der Waals surface area contributed by atoms with Crippen molar-refractivity contribution in [2.24, 2.45) is 0 Å². The number of hydrogen-bond acceptors (Lipinski definition) is 3. The van der Waals surface area contributed by atoms with E-state index < -0.39 is 15.7 Å². The molecule has 0 unspecified atom stereocenters. The van der Waals surface area contributed by atoms with Crippen molar-refractivity contribution in [3.05, 3.63) is 22.9 Å². The summed E-state index contributed by atoms with van der Waals surface area (Å²) in [6.07, 6.45) is 1.44. The van der Waals surface area contributed by atoms with Crippen molar-refractivity contribution in [2.75, 3.05) is 4.72 Å². The van der Waals surface area contributed by atoms with Crippen molar-refractivity contribution < 1.29 is 8.42 Å². The average molecular weight is 308 g/mol. The molecule has 0 saturated heterocycles. The molecule has 2 N–H and O–H groups in total. The van der Waals surface area contributed by atoms with Crippen LogP contribution in [0.25, 0.3) is 0 Å². The minimum absolute atomic E-state index is 0.417. The Morgan fingerprint density at radius 2 is 1.94 bits per heavy atom. The van der Waals surface area contributed by atoms with Gasteiger partial charge in [0.05, 0.1) is 11.9 Å². The van der Waals surface area contributed by atoms with Crippen LogP contribution in [0, 0.1) is 0 Å². The summed E-state index contributed by atoms with van der Waals surface area (Å²) in [6.45, 7) is 5.31. The summed E-state index contributed by atoms with van der Waals surface area (Å²) in [5.74, 6) is 0. The molecule has 0 radical (unpaired) electrons. The first-order valence-corrected chi connectivity index (χ1v) is 6.89. The molecule has 5 nitrogen and oxygen atoms in total. The summed E-state index contributed by atoms with van der Waals surface area (Å²) in [5.41, 5.74) is -0.103. The second-order valence-electron chi connectivity index (χ2n) is 4.33. The van der Waals surface area contributed by atoms with Gasteiger partial charge in [0, 0.05) is 5.54 Å². The van der Waals surface area contributed by atoms with E-state index in [1.807, 2.05) is 0 Å². The van der Waals surface area contributed by atoms with Gasteiger partial charge in [-0.15, -0.1) is 0 Å². The topological polar surface area (TPSA) is 71.1 Å². The molecule has 16 heavy (non-hydrogen) atoms. The van der Waals surface area contributed by atoms with Crippen LogP contribution >= 0.6 is 15.9 Å². The zero-order chi connectivity index (χ0) is 12.4. The standard InChI is InChI=1S/C9H14BrN3O2S/c1-9(2,3)13-16(14,15)12-7-4-5-8(10)11-6-7/h4-6,12-13H,1-3H3. The Kier molecular flexibility index (Phi) is 3.92. The Morgan fingerprint density at radius 3 is 2.38 bits per heavy atom. The molecule has 0 aliphatic rings. The maximum Gasteiger partial charge on any atom is 0.299 e. The lowest BCUT2D eigenvalue weighted by molar-refractivity contribution is 0.494. The average Bonchev–Trinajstić information content (AvgIpc) is 2.04. The van der Waals surface area contributed by atoms with E-state index in [0.717, 1.165) is 0 Å². The predicted molar refractivity (Wildman–Crippen MR) is 67.4 cm³/mol. The van der Waals surface area contributed by atoms with Crippen LogP contribution in [0.5, 0.6) is 0 Å². The molecule has 1 aromatic rings. The number of nitrogens with one attached hydrogen (secondary N) is 2. The zero-order valence-corrected chi connectivity index (χ0v) is 11.7. The molecule has 1 aromatic heterocycles. The second kappa shape index (κ2) is 4.68. The normalized spacial score (nSPS) is 12.5. The molecule has 0 fully saturated rings. The molecular weight excluding hydrogens is 294 g/mol. The van der Waals surface area contributed by atoms with Gasteiger partial charge in [-0.05, 0) is 48.8 Å². The maximum absolute atomic E-state index is 11.6. The quantitative estimate of drug-likeness (QED) is 0.838. The van der Waals surface area contributed by atoms with E-state index in [0.29, 0.717) is 10.3 Å². The van der Waals surface area contributed by atoms with Crippen molar-refractivity contribution in [2.45, 2.75) is 26.3 Å². The van der Waals surface area contributed by atoms with E-state index >= 15 is 0 Å². The SMILES string of the molecule is CC(C)(C)NS(=O)(=O)Nc1ccc(Br)nc1. The number of nitrogens with zero attached hydrogens (tertiary/aromatic N) is 1. The fourth-order valence-corrected chi connectivity index (χ4v) is 2.54. The maximum atomic E-state index is 11.6. The van der Waals surface area contributed by atoms with Crippen LogP contribution in [0.1, 0.15) is 20.8 Å².